The van der Waals surface area contributed by atoms with Crippen molar-refractivity contribution in [3.8, 4) is 11.3 Å². The highest BCUT2D eigenvalue weighted by molar-refractivity contribution is 6.33. The van der Waals surface area contributed by atoms with Gasteiger partial charge in [-0.1, -0.05) is 35.0 Å². The van der Waals surface area contributed by atoms with Crippen LogP contribution in [0.2, 0.25) is 5.02 Å². The van der Waals surface area contributed by atoms with E-state index in [1.165, 1.54) is 12.8 Å². The molecule has 0 bridgehead atoms. The Morgan fingerprint density at radius 1 is 1.36 bits per heavy atom. The predicted octanol–water partition coefficient (Wildman–Crippen LogP) is 3.94. The van der Waals surface area contributed by atoms with Gasteiger partial charge in [0.05, 0.1) is 11.1 Å². The van der Waals surface area contributed by atoms with Gasteiger partial charge in [-0.2, -0.15) is 0 Å². The molecule has 0 radical (unpaired) electrons. The Morgan fingerprint density at radius 2 is 2.16 bits per heavy atom. The lowest BCUT2D eigenvalue weighted by molar-refractivity contribution is 0.0480. The molecular formula is C19H21ClN2O3. The summed E-state index contributed by atoms with van der Waals surface area (Å²) < 4.78 is 11.2. The van der Waals surface area contributed by atoms with E-state index in [0.717, 1.165) is 18.9 Å². The fourth-order valence-electron chi connectivity index (χ4n) is 3.22. The lowest BCUT2D eigenvalue weighted by atomic mass is 10.1. The topological polar surface area (TPSA) is 55.6 Å². The molecule has 0 N–H and O–H groups in total. The van der Waals surface area contributed by atoms with Gasteiger partial charge < -0.3 is 14.2 Å². The number of aromatic nitrogens is 1. The summed E-state index contributed by atoms with van der Waals surface area (Å²) in [4.78, 5) is 14.9. The molecule has 6 heteroatoms. The van der Waals surface area contributed by atoms with Crippen LogP contribution in [0, 0.1) is 12.8 Å². The molecule has 25 heavy (non-hydrogen) atoms. The van der Waals surface area contributed by atoms with Crippen LogP contribution in [-0.4, -0.2) is 41.8 Å². The fourth-order valence-corrected chi connectivity index (χ4v) is 3.45. The first kappa shape index (κ1) is 16.6. The lowest BCUT2D eigenvalue weighted by Crippen LogP contribution is -2.31. The molecular weight excluding hydrogens is 340 g/mol. The van der Waals surface area contributed by atoms with E-state index in [9.17, 15) is 4.79 Å². The van der Waals surface area contributed by atoms with Crippen molar-refractivity contribution in [3.63, 3.8) is 0 Å². The molecule has 1 atom stereocenters. The largest absolute Gasteiger partial charge is 0.376 e. The van der Waals surface area contributed by atoms with Crippen molar-refractivity contribution in [3.05, 3.63) is 40.6 Å². The summed E-state index contributed by atoms with van der Waals surface area (Å²) in [5.41, 5.74) is 1.72. The molecule has 1 saturated heterocycles. The van der Waals surface area contributed by atoms with E-state index < -0.39 is 0 Å². The van der Waals surface area contributed by atoms with Crippen LogP contribution < -0.4 is 0 Å². The first-order chi connectivity index (χ1) is 12.1. The molecule has 2 aliphatic rings. The van der Waals surface area contributed by atoms with Crippen molar-refractivity contribution in [2.45, 2.75) is 32.3 Å². The van der Waals surface area contributed by atoms with Crippen molar-refractivity contribution in [2.75, 3.05) is 19.7 Å². The highest BCUT2D eigenvalue weighted by atomic mass is 35.5. The third kappa shape index (κ3) is 3.44. The van der Waals surface area contributed by atoms with Crippen molar-refractivity contribution in [1.29, 1.82) is 0 Å². The summed E-state index contributed by atoms with van der Waals surface area (Å²) in [6, 6.07) is 7.36. The standard InChI is InChI=1S/C19H21ClN2O3/c1-12-17(18(21-25-12)15-4-2-3-5-16(15)20)19(23)22-9-8-14(10-22)24-11-13-6-7-13/h2-5,13-14H,6-11H2,1H3. The van der Waals surface area contributed by atoms with Gasteiger partial charge in [0.25, 0.3) is 5.91 Å². The maximum atomic E-state index is 13.1. The molecule has 1 aromatic carbocycles. The first-order valence-electron chi connectivity index (χ1n) is 8.75. The van der Waals surface area contributed by atoms with Gasteiger partial charge in [0.15, 0.2) is 0 Å². The predicted molar refractivity (Wildman–Crippen MR) is 94.7 cm³/mol. The molecule has 1 aliphatic carbocycles. The van der Waals surface area contributed by atoms with Crippen LogP contribution in [0.15, 0.2) is 28.8 Å². The van der Waals surface area contributed by atoms with Crippen LogP contribution in [0.3, 0.4) is 0 Å². The minimum Gasteiger partial charge on any atom is -0.376 e. The second kappa shape index (κ2) is 6.81. The molecule has 2 fully saturated rings. The molecule has 1 aromatic heterocycles. The van der Waals surface area contributed by atoms with Crippen LogP contribution in [-0.2, 0) is 4.74 Å². The van der Waals surface area contributed by atoms with Gasteiger partial charge in [-0.05, 0) is 38.2 Å². The molecule has 4 rings (SSSR count). The average Bonchev–Trinajstić information content (AvgIpc) is 3.18. The summed E-state index contributed by atoms with van der Waals surface area (Å²) in [5.74, 6) is 1.19. The first-order valence-corrected chi connectivity index (χ1v) is 9.13. The van der Waals surface area contributed by atoms with Gasteiger partial charge in [-0.25, -0.2) is 0 Å². The van der Waals surface area contributed by atoms with Gasteiger partial charge in [0.2, 0.25) is 0 Å². The van der Waals surface area contributed by atoms with Crippen molar-refractivity contribution in [2.24, 2.45) is 5.92 Å². The molecule has 1 aliphatic heterocycles. The number of hydrogen-bond donors (Lipinski definition) is 0. The number of hydrogen-bond acceptors (Lipinski definition) is 4. The number of carbonyl (C=O) groups excluding carboxylic acids is 1. The summed E-state index contributed by atoms with van der Waals surface area (Å²) in [6.07, 6.45) is 3.56. The van der Waals surface area contributed by atoms with Gasteiger partial charge in [-0.15, -0.1) is 0 Å². The van der Waals surface area contributed by atoms with Gasteiger partial charge >= 0.3 is 0 Å². The van der Waals surface area contributed by atoms with E-state index in [2.05, 4.69) is 5.16 Å². The Hall–Kier alpha value is -1.85. The van der Waals surface area contributed by atoms with Crippen molar-refractivity contribution in [1.82, 2.24) is 10.1 Å². The van der Waals surface area contributed by atoms with E-state index >= 15 is 0 Å². The summed E-state index contributed by atoms with van der Waals surface area (Å²) in [7, 11) is 0. The molecule has 5 nitrogen and oxygen atoms in total. The Balaban J connectivity index is 1.52. The average molecular weight is 361 g/mol. The lowest BCUT2D eigenvalue weighted by Gasteiger charge is -2.17. The Labute approximate surface area is 151 Å². The molecule has 1 saturated carbocycles. The minimum absolute atomic E-state index is 0.0637. The van der Waals surface area contributed by atoms with Gasteiger partial charge in [0, 0.05) is 25.3 Å². The van der Waals surface area contributed by atoms with Crippen LogP contribution >= 0.6 is 11.6 Å². The van der Waals surface area contributed by atoms with E-state index in [1.807, 2.05) is 23.1 Å². The molecule has 2 aromatic rings. The number of nitrogens with zero attached hydrogens (tertiary/aromatic N) is 2. The zero-order valence-corrected chi connectivity index (χ0v) is 15.0. The number of aryl methyl sites for hydroxylation is 1. The van der Waals surface area contributed by atoms with E-state index in [-0.39, 0.29) is 12.0 Å². The fraction of sp³-hybridized carbons (Fsp3) is 0.474. The Morgan fingerprint density at radius 3 is 2.92 bits per heavy atom. The van der Waals surface area contributed by atoms with Crippen LogP contribution in [0.25, 0.3) is 11.3 Å². The Bertz CT molecular complexity index is 785. The molecule has 132 valence electrons. The second-order valence-electron chi connectivity index (χ2n) is 6.88. The van der Waals surface area contributed by atoms with Gasteiger partial charge in [-0.3, -0.25) is 4.79 Å². The zero-order chi connectivity index (χ0) is 17.4. The number of rotatable bonds is 5. The Kier molecular flexibility index (Phi) is 4.52. The number of halogens is 1. The molecule has 1 unspecified atom stereocenters. The monoisotopic (exact) mass is 360 g/mol. The van der Waals surface area contributed by atoms with Crippen molar-refractivity contribution >= 4 is 17.5 Å². The summed E-state index contributed by atoms with van der Waals surface area (Å²) >= 11 is 6.28. The number of carbonyl (C=O) groups is 1. The number of likely N-dealkylation sites (tertiary alicyclic amines) is 1. The SMILES string of the molecule is Cc1onc(-c2ccccc2Cl)c1C(=O)N1CCC(OCC2CC2)C1. The second-order valence-corrected chi connectivity index (χ2v) is 7.29. The quantitative estimate of drug-likeness (QED) is 0.810. The minimum atomic E-state index is -0.0637. The number of amides is 1. The third-order valence-electron chi connectivity index (χ3n) is 4.90. The molecule has 2 heterocycles. The maximum absolute atomic E-state index is 13.1. The van der Waals surface area contributed by atoms with E-state index in [4.69, 9.17) is 20.9 Å². The zero-order valence-electron chi connectivity index (χ0n) is 14.2. The number of benzene rings is 1. The summed E-state index contributed by atoms with van der Waals surface area (Å²) in [6.45, 7) is 3.90. The number of ether oxygens (including phenoxy) is 1. The van der Waals surface area contributed by atoms with Crippen LogP contribution in [0.1, 0.15) is 35.4 Å². The van der Waals surface area contributed by atoms with Gasteiger partial charge in [0.1, 0.15) is 17.0 Å². The third-order valence-corrected chi connectivity index (χ3v) is 5.23. The smallest absolute Gasteiger partial charge is 0.259 e. The van der Waals surface area contributed by atoms with Crippen LogP contribution in [0.5, 0.6) is 0 Å². The molecule has 1 amide bonds. The normalized spacial score (nSPS) is 20.2. The van der Waals surface area contributed by atoms with E-state index in [0.29, 0.717) is 40.7 Å². The van der Waals surface area contributed by atoms with E-state index in [1.54, 1.807) is 13.0 Å². The highest BCUT2D eigenvalue weighted by Crippen LogP contribution is 2.33. The van der Waals surface area contributed by atoms with Crippen molar-refractivity contribution < 1.29 is 14.1 Å². The van der Waals surface area contributed by atoms with Crippen LogP contribution in [0.4, 0.5) is 0 Å². The highest BCUT2D eigenvalue weighted by Gasteiger charge is 2.33. The maximum Gasteiger partial charge on any atom is 0.259 e. The molecule has 0 spiro atoms. The summed E-state index contributed by atoms with van der Waals surface area (Å²) in [5, 5.41) is 4.64.